The first kappa shape index (κ1) is 18.4. The predicted molar refractivity (Wildman–Crippen MR) is 83.9 cm³/mol. The molecule has 0 spiro atoms. The Morgan fingerprint density at radius 2 is 2.04 bits per heavy atom. The molecule has 1 N–H and O–H groups in total. The van der Waals surface area contributed by atoms with E-state index in [-0.39, 0.29) is 12.6 Å². The van der Waals surface area contributed by atoms with Gasteiger partial charge in [0.25, 0.3) is 0 Å². The molecule has 8 heteroatoms. The molecule has 5 nitrogen and oxygen atoms in total. The van der Waals surface area contributed by atoms with Crippen LogP contribution in [0.4, 0.5) is 18.0 Å². The van der Waals surface area contributed by atoms with Crippen LogP contribution in [-0.4, -0.2) is 61.8 Å². The highest BCUT2D eigenvalue weighted by atomic mass is 19.4. The average molecular weight is 345 g/mol. The molecule has 0 radical (unpaired) electrons. The van der Waals surface area contributed by atoms with Crippen LogP contribution in [0.15, 0.2) is 24.3 Å². The summed E-state index contributed by atoms with van der Waals surface area (Å²) in [7, 11) is 1.57. The van der Waals surface area contributed by atoms with Crippen molar-refractivity contribution in [3.63, 3.8) is 0 Å². The van der Waals surface area contributed by atoms with Crippen LogP contribution in [0.3, 0.4) is 0 Å². The number of alkyl halides is 3. The number of rotatable bonds is 4. The van der Waals surface area contributed by atoms with Gasteiger partial charge in [0.05, 0.1) is 13.7 Å². The molecule has 1 aromatic rings. The number of hydrogen-bond donors (Lipinski definition) is 1. The fourth-order valence-electron chi connectivity index (χ4n) is 2.66. The number of carbonyl (C=O) groups excluding carboxylic acids is 1. The second-order valence-corrected chi connectivity index (χ2v) is 5.74. The minimum absolute atomic E-state index is 0.228. The van der Waals surface area contributed by atoms with Gasteiger partial charge in [0.1, 0.15) is 5.75 Å². The van der Waals surface area contributed by atoms with Crippen molar-refractivity contribution in [2.45, 2.75) is 19.1 Å². The maximum atomic E-state index is 12.5. The molecular formula is C16H22F3N3O2. The van der Waals surface area contributed by atoms with Crippen LogP contribution >= 0.6 is 0 Å². The van der Waals surface area contributed by atoms with E-state index in [1.807, 2.05) is 24.3 Å². The molecule has 0 atom stereocenters. The van der Waals surface area contributed by atoms with E-state index in [2.05, 4.69) is 5.32 Å². The van der Waals surface area contributed by atoms with Gasteiger partial charge in [-0.3, -0.25) is 4.90 Å². The van der Waals surface area contributed by atoms with Crippen LogP contribution < -0.4 is 10.1 Å². The summed E-state index contributed by atoms with van der Waals surface area (Å²) in [6.07, 6.45) is -3.67. The summed E-state index contributed by atoms with van der Waals surface area (Å²) in [5, 5.41) is 2.80. The number of hydrogen-bond acceptors (Lipinski definition) is 3. The van der Waals surface area contributed by atoms with Crippen molar-refractivity contribution in [2.24, 2.45) is 0 Å². The molecule has 1 aromatic carbocycles. The first-order chi connectivity index (χ1) is 11.4. The first-order valence-electron chi connectivity index (χ1n) is 7.82. The lowest BCUT2D eigenvalue weighted by Gasteiger charge is -2.23. The van der Waals surface area contributed by atoms with Crippen LogP contribution in [0, 0.1) is 0 Å². The molecule has 0 aliphatic carbocycles. The third kappa shape index (κ3) is 5.92. The summed E-state index contributed by atoms with van der Waals surface area (Å²) < 4.78 is 42.5. The summed E-state index contributed by atoms with van der Waals surface area (Å²) >= 11 is 0. The van der Waals surface area contributed by atoms with Gasteiger partial charge in [-0.1, -0.05) is 12.1 Å². The second-order valence-electron chi connectivity index (χ2n) is 5.74. The molecular weight excluding hydrogens is 323 g/mol. The van der Waals surface area contributed by atoms with E-state index in [1.165, 1.54) is 4.90 Å². The van der Waals surface area contributed by atoms with E-state index in [4.69, 9.17) is 4.74 Å². The van der Waals surface area contributed by atoms with E-state index in [0.29, 0.717) is 38.3 Å². The van der Waals surface area contributed by atoms with Crippen LogP contribution in [0.25, 0.3) is 0 Å². The van der Waals surface area contributed by atoms with Crippen molar-refractivity contribution in [1.82, 2.24) is 15.1 Å². The van der Waals surface area contributed by atoms with E-state index in [9.17, 15) is 18.0 Å². The summed E-state index contributed by atoms with van der Waals surface area (Å²) in [5.41, 5.74) is 0.899. The number of halogens is 3. The Hall–Kier alpha value is -1.96. The van der Waals surface area contributed by atoms with E-state index in [0.717, 1.165) is 5.56 Å². The molecule has 2 rings (SSSR count). The van der Waals surface area contributed by atoms with Crippen LogP contribution in [0.5, 0.6) is 5.75 Å². The fraction of sp³-hybridized carbons (Fsp3) is 0.562. The minimum atomic E-state index is -4.20. The van der Waals surface area contributed by atoms with Gasteiger partial charge in [-0.2, -0.15) is 13.2 Å². The molecule has 24 heavy (non-hydrogen) atoms. The molecule has 1 aliphatic rings. The third-order valence-corrected chi connectivity index (χ3v) is 3.86. The molecule has 1 saturated heterocycles. The van der Waals surface area contributed by atoms with Gasteiger partial charge in [0.2, 0.25) is 0 Å². The number of ether oxygens (including phenoxy) is 1. The van der Waals surface area contributed by atoms with Crippen molar-refractivity contribution in [2.75, 3.05) is 39.8 Å². The molecule has 1 fully saturated rings. The lowest BCUT2D eigenvalue weighted by molar-refractivity contribution is -0.145. The molecule has 1 aliphatic heterocycles. The van der Waals surface area contributed by atoms with E-state index < -0.39 is 12.7 Å². The van der Waals surface area contributed by atoms with Gasteiger partial charge in [-0.05, 0) is 24.1 Å². The highest BCUT2D eigenvalue weighted by Crippen LogP contribution is 2.17. The fourth-order valence-corrected chi connectivity index (χ4v) is 2.66. The zero-order valence-corrected chi connectivity index (χ0v) is 13.6. The van der Waals surface area contributed by atoms with Crippen LogP contribution in [-0.2, 0) is 6.54 Å². The minimum Gasteiger partial charge on any atom is -0.497 e. The van der Waals surface area contributed by atoms with E-state index in [1.54, 1.807) is 12.0 Å². The number of amides is 2. The summed E-state index contributed by atoms with van der Waals surface area (Å²) in [5.74, 6) is 0.708. The Bertz CT molecular complexity index is 552. The third-order valence-electron chi connectivity index (χ3n) is 3.86. The standard InChI is InChI=1S/C16H22F3N3O2/c1-24-14-5-2-4-13(10-14)11-20-15(23)22-7-3-6-21(8-9-22)12-16(17,18)19/h2,4-5,10H,3,6-9,11-12H2,1H3,(H,20,23). The van der Waals surface area contributed by atoms with Gasteiger partial charge >= 0.3 is 12.2 Å². The molecule has 0 saturated carbocycles. The van der Waals surface area contributed by atoms with E-state index >= 15 is 0 Å². The van der Waals surface area contributed by atoms with Gasteiger partial charge < -0.3 is 15.0 Å². The molecule has 2 amide bonds. The SMILES string of the molecule is COc1cccc(CNC(=O)N2CCCN(CC(F)(F)F)CC2)c1. The Balaban J connectivity index is 1.82. The maximum absolute atomic E-state index is 12.5. The number of carbonyl (C=O) groups is 1. The Morgan fingerprint density at radius 1 is 1.25 bits per heavy atom. The molecule has 0 bridgehead atoms. The smallest absolute Gasteiger partial charge is 0.401 e. The number of methoxy groups -OCH3 is 1. The molecule has 134 valence electrons. The predicted octanol–water partition coefficient (Wildman–Crippen LogP) is 2.47. The Morgan fingerprint density at radius 3 is 2.75 bits per heavy atom. The highest BCUT2D eigenvalue weighted by Gasteiger charge is 2.31. The van der Waals surface area contributed by atoms with Crippen molar-refractivity contribution in [1.29, 1.82) is 0 Å². The normalized spacial score (nSPS) is 16.6. The lowest BCUT2D eigenvalue weighted by Crippen LogP contribution is -2.42. The van der Waals surface area contributed by atoms with Crippen molar-refractivity contribution >= 4 is 6.03 Å². The number of urea groups is 1. The largest absolute Gasteiger partial charge is 0.497 e. The zero-order valence-electron chi connectivity index (χ0n) is 13.6. The summed E-state index contributed by atoms with van der Waals surface area (Å²) in [6.45, 7) is 0.745. The monoisotopic (exact) mass is 345 g/mol. The maximum Gasteiger partial charge on any atom is 0.401 e. The van der Waals surface area contributed by atoms with Gasteiger partial charge in [-0.25, -0.2) is 4.79 Å². The topological polar surface area (TPSA) is 44.8 Å². The summed E-state index contributed by atoms with van der Waals surface area (Å²) in [6, 6.07) is 7.09. The second kappa shape index (κ2) is 8.23. The first-order valence-corrected chi connectivity index (χ1v) is 7.82. The number of nitrogens with zero attached hydrogens (tertiary/aromatic N) is 2. The molecule has 0 aromatic heterocycles. The van der Waals surface area contributed by atoms with Gasteiger partial charge in [0.15, 0.2) is 0 Å². The Labute approximate surface area is 139 Å². The zero-order chi connectivity index (χ0) is 17.6. The molecule has 1 heterocycles. The van der Waals surface area contributed by atoms with Gasteiger partial charge in [0, 0.05) is 32.7 Å². The van der Waals surface area contributed by atoms with Gasteiger partial charge in [-0.15, -0.1) is 0 Å². The highest BCUT2D eigenvalue weighted by molar-refractivity contribution is 5.74. The number of nitrogens with one attached hydrogen (secondary N) is 1. The molecule has 0 unspecified atom stereocenters. The van der Waals surface area contributed by atoms with Crippen LogP contribution in [0.1, 0.15) is 12.0 Å². The van der Waals surface area contributed by atoms with Crippen molar-refractivity contribution in [3.05, 3.63) is 29.8 Å². The van der Waals surface area contributed by atoms with Crippen molar-refractivity contribution in [3.8, 4) is 5.75 Å². The lowest BCUT2D eigenvalue weighted by atomic mass is 10.2. The van der Waals surface area contributed by atoms with Crippen molar-refractivity contribution < 1.29 is 22.7 Å². The number of benzene rings is 1. The Kier molecular flexibility index (Phi) is 6.30. The summed E-state index contributed by atoms with van der Waals surface area (Å²) in [4.78, 5) is 15.1. The quantitative estimate of drug-likeness (QED) is 0.912. The van der Waals surface area contributed by atoms with Crippen LogP contribution in [0.2, 0.25) is 0 Å². The average Bonchev–Trinajstić information content (AvgIpc) is 2.77.